The number of carbonyl (C=O) groups excluding carboxylic acids is 1. The molecule has 168 valence electrons. The Morgan fingerprint density at radius 2 is 1.84 bits per heavy atom. The third-order valence-electron chi connectivity index (χ3n) is 5.92. The second-order valence-corrected chi connectivity index (χ2v) is 10.1. The van der Waals surface area contributed by atoms with Crippen LogP contribution in [0.15, 0.2) is 40.0 Å². The summed E-state index contributed by atoms with van der Waals surface area (Å²) in [4.78, 5) is 16.9. The summed E-state index contributed by atoms with van der Waals surface area (Å²) < 4.78 is 38.3. The highest BCUT2D eigenvalue weighted by Gasteiger charge is 2.30. The van der Waals surface area contributed by atoms with E-state index in [0.717, 1.165) is 32.1 Å². The van der Waals surface area contributed by atoms with Crippen LogP contribution in [-0.2, 0) is 10.0 Å². The van der Waals surface area contributed by atoms with Gasteiger partial charge in [-0.2, -0.15) is 4.31 Å². The summed E-state index contributed by atoms with van der Waals surface area (Å²) in [5.41, 5.74) is 0. The number of amides is 1. The number of rotatable bonds is 7. The summed E-state index contributed by atoms with van der Waals surface area (Å²) >= 11 is 0. The quantitative estimate of drug-likeness (QED) is 0.687. The standard InChI is InChI=1S/C22H29N3O5S/c26-22(19-11-12-20(30-19)31(27,28)25-14-5-2-6-15-25)24-21-18(10-7-13-23-21)29-16-17-8-3-1-4-9-17/h7,10-13,17H,1-6,8-9,14-16H2,(H,23,24,26). The Bertz CT molecular complexity index is 992. The van der Waals surface area contributed by atoms with Crippen LogP contribution in [0.25, 0.3) is 0 Å². The van der Waals surface area contributed by atoms with Gasteiger partial charge in [-0.1, -0.05) is 25.7 Å². The molecule has 0 spiro atoms. The number of hydrogen-bond acceptors (Lipinski definition) is 6. The third kappa shape index (κ3) is 5.27. The lowest BCUT2D eigenvalue weighted by atomic mass is 9.90. The second-order valence-electron chi connectivity index (χ2n) is 8.20. The van der Waals surface area contributed by atoms with Gasteiger partial charge in [0.05, 0.1) is 6.61 Å². The van der Waals surface area contributed by atoms with Crippen molar-refractivity contribution in [1.82, 2.24) is 9.29 Å². The molecule has 1 saturated carbocycles. The molecule has 0 unspecified atom stereocenters. The average molecular weight is 448 g/mol. The first-order valence-corrected chi connectivity index (χ1v) is 12.5. The van der Waals surface area contributed by atoms with Gasteiger partial charge in [0.25, 0.3) is 15.9 Å². The van der Waals surface area contributed by atoms with Crippen LogP contribution in [0.5, 0.6) is 5.75 Å². The molecule has 2 aliphatic rings. The van der Waals surface area contributed by atoms with E-state index in [1.54, 1.807) is 18.3 Å². The van der Waals surface area contributed by atoms with E-state index in [2.05, 4.69) is 10.3 Å². The van der Waals surface area contributed by atoms with Crippen LogP contribution in [0.1, 0.15) is 61.9 Å². The molecule has 1 N–H and O–H groups in total. The minimum atomic E-state index is -3.73. The lowest BCUT2D eigenvalue weighted by molar-refractivity contribution is 0.0990. The number of sulfonamides is 1. The molecule has 9 heteroatoms. The lowest BCUT2D eigenvalue weighted by Crippen LogP contribution is -2.35. The van der Waals surface area contributed by atoms with Gasteiger partial charge in [-0.3, -0.25) is 4.79 Å². The van der Waals surface area contributed by atoms with Crippen molar-refractivity contribution in [2.24, 2.45) is 5.92 Å². The molecule has 2 aromatic heterocycles. The van der Waals surface area contributed by atoms with E-state index in [1.165, 1.54) is 35.7 Å². The topological polar surface area (TPSA) is 102 Å². The van der Waals surface area contributed by atoms with Crippen molar-refractivity contribution < 1.29 is 22.4 Å². The normalized spacial score (nSPS) is 18.6. The molecule has 2 fully saturated rings. The van der Waals surface area contributed by atoms with Crippen molar-refractivity contribution >= 4 is 21.7 Å². The highest BCUT2D eigenvalue weighted by molar-refractivity contribution is 7.89. The lowest BCUT2D eigenvalue weighted by Gasteiger charge is -2.24. The molecule has 0 atom stereocenters. The first-order valence-electron chi connectivity index (χ1n) is 11.0. The average Bonchev–Trinajstić information content (AvgIpc) is 3.31. The summed E-state index contributed by atoms with van der Waals surface area (Å²) in [6, 6.07) is 6.22. The number of furan rings is 1. The maximum Gasteiger partial charge on any atom is 0.292 e. The van der Waals surface area contributed by atoms with Gasteiger partial charge in [0.1, 0.15) is 0 Å². The highest BCUT2D eigenvalue weighted by Crippen LogP contribution is 2.28. The van der Waals surface area contributed by atoms with E-state index in [1.807, 2.05) is 0 Å². The van der Waals surface area contributed by atoms with E-state index in [4.69, 9.17) is 9.15 Å². The zero-order valence-corrected chi connectivity index (χ0v) is 18.4. The highest BCUT2D eigenvalue weighted by atomic mass is 32.2. The maximum atomic E-state index is 12.7. The molecule has 0 radical (unpaired) electrons. The van der Waals surface area contributed by atoms with Crippen LogP contribution in [0.2, 0.25) is 0 Å². The SMILES string of the molecule is O=C(Nc1ncccc1OCC1CCCCC1)c1ccc(S(=O)(=O)N2CCCCC2)o1. The summed E-state index contributed by atoms with van der Waals surface area (Å²) in [6.45, 7) is 1.54. The van der Waals surface area contributed by atoms with E-state index in [-0.39, 0.29) is 10.9 Å². The number of hydrogen-bond donors (Lipinski definition) is 1. The van der Waals surface area contributed by atoms with Crippen molar-refractivity contribution in [1.29, 1.82) is 0 Å². The summed E-state index contributed by atoms with van der Waals surface area (Å²) in [6.07, 6.45) is 10.3. The smallest absolute Gasteiger partial charge is 0.292 e. The van der Waals surface area contributed by atoms with Crippen LogP contribution < -0.4 is 10.1 Å². The molecular weight excluding hydrogens is 418 g/mol. The molecule has 2 aromatic rings. The fourth-order valence-electron chi connectivity index (χ4n) is 4.14. The Labute approximate surface area is 183 Å². The number of nitrogens with one attached hydrogen (secondary N) is 1. The van der Waals surface area contributed by atoms with Crippen LogP contribution in [0.3, 0.4) is 0 Å². The second kappa shape index (κ2) is 9.82. The molecule has 1 saturated heterocycles. The Hall–Kier alpha value is -2.39. The number of piperidine rings is 1. The molecule has 1 amide bonds. The third-order valence-corrected chi connectivity index (χ3v) is 7.69. The number of nitrogens with zero attached hydrogens (tertiary/aromatic N) is 2. The summed E-state index contributed by atoms with van der Waals surface area (Å²) in [5.74, 6) is 0.653. The van der Waals surface area contributed by atoms with Gasteiger partial charge in [0.15, 0.2) is 17.3 Å². The van der Waals surface area contributed by atoms with E-state index in [0.29, 0.717) is 37.2 Å². The van der Waals surface area contributed by atoms with Crippen molar-refractivity contribution in [3.8, 4) is 5.75 Å². The number of anilines is 1. The molecule has 1 aliphatic carbocycles. The fourth-order valence-corrected chi connectivity index (χ4v) is 5.57. The Morgan fingerprint density at radius 3 is 2.61 bits per heavy atom. The van der Waals surface area contributed by atoms with Gasteiger partial charge in [0, 0.05) is 19.3 Å². The van der Waals surface area contributed by atoms with Gasteiger partial charge in [-0.15, -0.1) is 0 Å². The van der Waals surface area contributed by atoms with E-state index in [9.17, 15) is 13.2 Å². The van der Waals surface area contributed by atoms with Crippen LogP contribution >= 0.6 is 0 Å². The first-order chi connectivity index (χ1) is 15.0. The Kier molecular flexibility index (Phi) is 6.92. The van der Waals surface area contributed by atoms with Crippen LogP contribution in [-0.4, -0.2) is 43.3 Å². The van der Waals surface area contributed by atoms with Gasteiger partial charge in [-0.25, -0.2) is 13.4 Å². The molecule has 3 heterocycles. The summed E-state index contributed by atoms with van der Waals surface area (Å²) in [5, 5.41) is 2.47. The van der Waals surface area contributed by atoms with Crippen LogP contribution in [0.4, 0.5) is 5.82 Å². The van der Waals surface area contributed by atoms with Gasteiger partial charge in [-0.05, 0) is 55.9 Å². The predicted octanol–water partition coefficient (Wildman–Crippen LogP) is 4.06. The minimum absolute atomic E-state index is 0.0838. The van der Waals surface area contributed by atoms with Crippen molar-refractivity contribution in [3.05, 3.63) is 36.2 Å². The number of pyridine rings is 1. The number of aromatic nitrogens is 1. The molecule has 4 rings (SSSR count). The molecule has 0 bridgehead atoms. The first kappa shape index (κ1) is 21.8. The summed E-state index contributed by atoms with van der Waals surface area (Å²) in [7, 11) is -3.73. The van der Waals surface area contributed by atoms with Crippen LogP contribution in [0, 0.1) is 5.92 Å². The maximum absolute atomic E-state index is 12.7. The van der Waals surface area contributed by atoms with Gasteiger partial charge >= 0.3 is 0 Å². The van der Waals surface area contributed by atoms with Crippen molar-refractivity contribution in [2.75, 3.05) is 25.0 Å². The monoisotopic (exact) mass is 447 g/mol. The molecule has 0 aromatic carbocycles. The largest absolute Gasteiger partial charge is 0.489 e. The van der Waals surface area contributed by atoms with E-state index < -0.39 is 15.9 Å². The van der Waals surface area contributed by atoms with Gasteiger partial charge < -0.3 is 14.5 Å². The molecule has 8 nitrogen and oxygen atoms in total. The number of ether oxygens (including phenoxy) is 1. The molecular formula is C22H29N3O5S. The zero-order valence-electron chi connectivity index (χ0n) is 17.6. The van der Waals surface area contributed by atoms with Gasteiger partial charge in [0.2, 0.25) is 5.09 Å². The molecule has 1 aliphatic heterocycles. The predicted molar refractivity (Wildman–Crippen MR) is 116 cm³/mol. The number of carbonyl (C=O) groups is 1. The zero-order chi connectivity index (χ0) is 21.7. The van der Waals surface area contributed by atoms with E-state index >= 15 is 0 Å². The Morgan fingerprint density at radius 1 is 1.10 bits per heavy atom. The molecule has 31 heavy (non-hydrogen) atoms. The minimum Gasteiger partial charge on any atom is -0.489 e. The van der Waals surface area contributed by atoms with Crippen molar-refractivity contribution in [3.63, 3.8) is 0 Å². The van der Waals surface area contributed by atoms with Crippen molar-refractivity contribution in [2.45, 2.75) is 56.5 Å². The fraction of sp³-hybridized carbons (Fsp3) is 0.545. The Balaban J connectivity index is 1.42.